The number of benzene rings is 1. The van der Waals surface area contributed by atoms with Crippen molar-refractivity contribution in [3.63, 3.8) is 0 Å². The lowest BCUT2D eigenvalue weighted by Gasteiger charge is -2.21. The lowest BCUT2D eigenvalue weighted by Crippen LogP contribution is -2.29. The fourth-order valence-corrected chi connectivity index (χ4v) is 1.85. The zero-order chi connectivity index (χ0) is 15.0. The molecule has 1 unspecified atom stereocenters. The zero-order valence-electron chi connectivity index (χ0n) is 11.5. The first-order valence-corrected chi connectivity index (χ1v) is 6.13. The molecule has 0 aromatic heterocycles. The van der Waals surface area contributed by atoms with Crippen LogP contribution in [0.5, 0.6) is 0 Å². The molecule has 0 fully saturated rings. The second-order valence-corrected chi connectivity index (χ2v) is 4.32. The second kappa shape index (κ2) is 7.10. The van der Waals surface area contributed by atoms with Gasteiger partial charge in [-0.05, 0) is 11.1 Å². The molecule has 0 amide bonds. The third-order valence-electron chi connectivity index (χ3n) is 2.94. The van der Waals surface area contributed by atoms with E-state index in [9.17, 15) is 10.1 Å². The number of nitrogens with zero attached hydrogens (tertiary/aromatic N) is 1. The molecule has 0 aliphatic rings. The van der Waals surface area contributed by atoms with Crippen LogP contribution in [-0.4, -0.2) is 13.1 Å². The average Bonchev–Trinajstić information content (AvgIpc) is 2.51. The van der Waals surface area contributed by atoms with Gasteiger partial charge in [0.15, 0.2) is 5.41 Å². The highest BCUT2D eigenvalue weighted by molar-refractivity contribution is 5.85. The van der Waals surface area contributed by atoms with Crippen molar-refractivity contribution in [1.82, 2.24) is 0 Å². The predicted octanol–water partition coefficient (Wildman–Crippen LogP) is 3.52. The molecule has 3 heteroatoms. The van der Waals surface area contributed by atoms with Crippen LogP contribution in [0.15, 0.2) is 61.7 Å². The van der Waals surface area contributed by atoms with Gasteiger partial charge in [-0.1, -0.05) is 61.7 Å². The topological polar surface area (TPSA) is 50.1 Å². The summed E-state index contributed by atoms with van der Waals surface area (Å²) in [7, 11) is 1.27. The van der Waals surface area contributed by atoms with Crippen LogP contribution in [0.3, 0.4) is 0 Å². The van der Waals surface area contributed by atoms with Crippen LogP contribution >= 0.6 is 0 Å². The van der Waals surface area contributed by atoms with E-state index in [1.807, 2.05) is 36.4 Å². The maximum absolute atomic E-state index is 12.0. The molecule has 20 heavy (non-hydrogen) atoms. The summed E-state index contributed by atoms with van der Waals surface area (Å²) in [6, 6.07) is 11.5. The normalized spacial score (nSPS) is 13.2. The maximum Gasteiger partial charge on any atom is 0.330 e. The number of hydrogen-bond donors (Lipinski definition) is 0. The van der Waals surface area contributed by atoms with Crippen LogP contribution in [0.4, 0.5) is 0 Å². The Balaban J connectivity index is 3.10. The van der Waals surface area contributed by atoms with E-state index in [1.165, 1.54) is 19.3 Å². The van der Waals surface area contributed by atoms with Crippen LogP contribution in [0.1, 0.15) is 12.0 Å². The first-order chi connectivity index (χ1) is 9.59. The van der Waals surface area contributed by atoms with Gasteiger partial charge in [0.1, 0.15) is 0 Å². The van der Waals surface area contributed by atoms with Crippen LogP contribution in [-0.2, 0) is 9.53 Å². The van der Waals surface area contributed by atoms with E-state index in [4.69, 9.17) is 4.74 Å². The van der Waals surface area contributed by atoms with Crippen molar-refractivity contribution in [3.05, 3.63) is 67.3 Å². The van der Waals surface area contributed by atoms with Gasteiger partial charge in [0, 0.05) is 6.42 Å². The van der Waals surface area contributed by atoms with Gasteiger partial charge < -0.3 is 4.74 Å². The SMILES string of the molecule is C=C/C=C/C(C#N)(CC(=C)c1ccccc1)C(=O)OC. The molecule has 1 atom stereocenters. The molecule has 0 bridgehead atoms. The molecular weight excluding hydrogens is 250 g/mol. The van der Waals surface area contributed by atoms with Gasteiger partial charge in [-0.2, -0.15) is 5.26 Å². The number of ether oxygens (including phenoxy) is 1. The zero-order valence-corrected chi connectivity index (χ0v) is 11.5. The van der Waals surface area contributed by atoms with E-state index in [1.54, 1.807) is 6.08 Å². The Morgan fingerprint density at radius 2 is 2.10 bits per heavy atom. The van der Waals surface area contributed by atoms with Crippen LogP contribution < -0.4 is 0 Å². The molecule has 1 aromatic carbocycles. The van der Waals surface area contributed by atoms with Crippen molar-refractivity contribution < 1.29 is 9.53 Å². The first-order valence-electron chi connectivity index (χ1n) is 6.13. The first kappa shape index (κ1) is 15.5. The molecule has 0 heterocycles. The van der Waals surface area contributed by atoms with Gasteiger partial charge >= 0.3 is 5.97 Å². The summed E-state index contributed by atoms with van der Waals surface area (Å²) in [6.45, 7) is 7.51. The fourth-order valence-electron chi connectivity index (χ4n) is 1.85. The standard InChI is InChI=1S/C17H17NO2/c1-4-5-11-17(13-18,16(19)20-3)12-14(2)15-9-7-6-8-10-15/h4-11H,1-2,12H2,3H3/b11-5+. The van der Waals surface area contributed by atoms with Gasteiger partial charge in [0.25, 0.3) is 0 Å². The van der Waals surface area contributed by atoms with E-state index in [0.717, 1.165) is 5.56 Å². The third kappa shape index (κ3) is 3.46. The molecular formula is C17H17NO2. The smallest absolute Gasteiger partial charge is 0.330 e. The Morgan fingerprint density at radius 1 is 1.45 bits per heavy atom. The van der Waals surface area contributed by atoms with Crippen molar-refractivity contribution in [2.75, 3.05) is 7.11 Å². The minimum atomic E-state index is -1.38. The van der Waals surface area contributed by atoms with Crippen LogP contribution in [0.25, 0.3) is 5.57 Å². The molecule has 1 rings (SSSR count). The summed E-state index contributed by atoms with van der Waals surface area (Å²) in [5, 5.41) is 9.42. The van der Waals surface area contributed by atoms with Gasteiger partial charge in [-0.3, -0.25) is 0 Å². The Bertz CT molecular complexity index is 566. The highest BCUT2D eigenvalue weighted by Gasteiger charge is 2.38. The van der Waals surface area contributed by atoms with Crippen molar-refractivity contribution in [2.24, 2.45) is 5.41 Å². The number of esters is 1. The summed E-state index contributed by atoms with van der Waals surface area (Å²) in [5.41, 5.74) is 0.213. The highest BCUT2D eigenvalue weighted by Crippen LogP contribution is 2.33. The van der Waals surface area contributed by atoms with Crippen molar-refractivity contribution >= 4 is 11.5 Å². The van der Waals surface area contributed by atoms with Crippen LogP contribution in [0, 0.1) is 16.7 Å². The minimum absolute atomic E-state index is 0.171. The molecule has 0 aliphatic heterocycles. The molecule has 3 nitrogen and oxygen atoms in total. The number of rotatable bonds is 6. The number of nitriles is 1. The van der Waals surface area contributed by atoms with E-state index in [2.05, 4.69) is 13.2 Å². The molecule has 0 saturated heterocycles. The average molecular weight is 267 g/mol. The molecule has 0 spiro atoms. The quantitative estimate of drug-likeness (QED) is 0.585. The molecule has 102 valence electrons. The summed E-state index contributed by atoms with van der Waals surface area (Å²) >= 11 is 0. The fraction of sp³-hybridized carbons (Fsp3) is 0.176. The second-order valence-electron chi connectivity index (χ2n) is 4.32. The summed E-state index contributed by atoms with van der Waals surface area (Å²) in [6.07, 6.45) is 4.75. The summed E-state index contributed by atoms with van der Waals surface area (Å²) in [4.78, 5) is 12.0. The summed E-state index contributed by atoms with van der Waals surface area (Å²) < 4.78 is 4.75. The van der Waals surface area contributed by atoms with E-state index in [0.29, 0.717) is 5.57 Å². The van der Waals surface area contributed by atoms with Gasteiger partial charge in [0.05, 0.1) is 13.2 Å². The van der Waals surface area contributed by atoms with Crippen molar-refractivity contribution in [3.8, 4) is 6.07 Å². The lowest BCUT2D eigenvalue weighted by molar-refractivity contribution is -0.146. The molecule has 0 radical (unpaired) electrons. The Hall–Kier alpha value is -2.60. The third-order valence-corrected chi connectivity index (χ3v) is 2.94. The molecule has 1 aromatic rings. The predicted molar refractivity (Wildman–Crippen MR) is 79.5 cm³/mol. The van der Waals surface area contributed by atoms with Crippen LogP contribution in [0.2, 0.25) is 0 Å². The minimum Gasteiger partial charge on any atom is -0.468 e. The van der Waals surface area contributed by atoms with Crippen molar-refractivity contribution in [2.45, 2.75) is 6.42 Å². The van der Waals surface area contributed by atoms with Gasteiger partial charge in [-0.25, -0.2) is 4.79 Å². The molecule has 0 aliphatic carbocycles. The largest absolute Gasteiger partial charge is 0.468 e. The van der Waals surface area contributed by atoms with E-state index in [-0.39, 0.29) is 6.42 Å². The lowest BCUT2D eigenvalue weighted by atomic mass is 9.81. The number of hydrogen-bond acceptors (Lipinski definition) is 3. The van der Waals surface area contributed by atoms with E-state index >= 15 is 0 Å². The summed E-state index contributed by atoms with van der Waals surface area (Å²) in [5.74, 6) is -0.602. The maximum atomic E-state index is 12.0. The van der Waals surface area contributed by atoms with E-state index < -0.39 is 11.4 Å². The Labute approximate surface area is 119 Å². The number of carbonyl (C=O) groups excluding carboxylic acids is 1. The number of allylic oxidation sites excluding steroid dienone is 3. The highest BCUT2D eigenvalue weighted by atomic mass is 16.5. The monoisotopic (exact) mass is 267 g/mol. The Morgan fingerprint density at radius 3 is 2.60 bits per heavy atom. The number of carbonyl (C=O) groups is 1. The van der Waals surface area contributed by atoms with Crippen molar-refractivity contribution in [1.29, 1.82) is 5.26 Å². The number of methoxy groups -OCH3 is 1. The molecule has 0 N–H and O–H groups in total. The van der Waals surface area contributed by atoms with Gasteiger partial charge in [-0.15, -0.1) is 0 Å². The van der Waals surface area contributed by atoms with Gasteiger partial charge in [0.2, 0.25) is 0 Å². The molecule has 0 saturated carbocycles. The Kier molecular flexibility index (Phi) is 5.49.